The van der Waals surface area contributed by atoms with E-state index in [1.165, 1.54) is 0 Å². The number of hydrogen-bond acceptors (Lipinski definition) is 5. The third kappa shape index (κ3) is 2.33. The van der Waals surface area contributed by atoms with Crippen LogP contribution in [0.25, 0.3) is 11.5 Å². The summed E-state index contributed by atoms with van der Waals surface area (Å²) in [5, 5.41) is 3.71. The Bertz CT molecular complexity index is 731. The molecule has 3 N–H and O–H groups in total. The number of aromatic amines is 1. The summed E-state index contributed by atoms with van der Waals surface area (Å²) >= 11 is 0. The molecule has 2 aromatic rings. The number of nitrogens with one attached hydrogen (secondary N) is 1. The first kappa shape index (κ1) is 13.8. The van der Waals surface area contributed by atoms with E-state index in [2.05, 4.69) is 10.1 Å². The molecule has 0 amide bonds. The Morgan fingerprint density at radius 3 is 2.57 bits per heavy atom. The van der Waals surface area contributed by atoms with Crippen molar-refractivity contribution in [2.24, 2.45) is 5.73 Å². The van der Waals surface area contributed by atoms with Crippen LogP contribution in [-0.4, -0.2) is 15.1 Å². The largest absolute Gasteiger partial charge is 0.431 e. The topological polar surface area (TPSA) is 97.8 Å². The SMILES string of the molecule is NC1(c2noc(-c3ccc(C(F)(F)F)[nH]c3=O)n2)CCC1. The lowest BCUT2D eigenvalue weighted by Crippen LogP contribution is -2.44. The van der Waals surface area contributed by atoms with Crippen molar-refractivity contribution in [3.63, 3.8) is 0 Å². The molecule has 0 spiro atoms. The van der Waals surface area contributed by atoms with Gasteiger partial charge in [0.05, 0.1) is 5.54 Å². The molecule has 112 valence electrons. The van der Waals surface area contributed by atoms with Gasteiger partial charge in [0.1, 0.15) is 11.3 Å². The maximum atomic E-state index is 12.5. The third-order valence-corrected chi connectivity index (χ3v) is 3.56. The zero-order valence-electron chi connectivity index (χ0n) is 10.7. The Hall–Kier alpha value is -2.16. The monoisotopic (exact) mass is 300 g/mol. The summed E-state index contributed by atoms with van der Waals surface area (Å²) in [7, 11) is 0. The lowest BCUT2D eigenvalue weighted by molar-refractivity contribution is -0.141. The molecular weight excluding hydrogens is 289 g/mol. The highest BCUT2D eigenvalue weighted by Crippen LogP contribution is 2.37. The van der Waals surface area contributed by atoms with E-state index in [1.807, 2.05) is 0 Å². The van der Waals surface area contributed by atoms with Crippen molar-refractivity contribution in [2.75, 3.05) is 0 Å². The van der Waals surface area contributed by atoms with Gasteiger partial charge in [-0.1, -0.05) is 5.16 Å². The van der Waals surface area contributed by atoms with Gasteiger partial charge in [0, 0.05) is 0 Å². The fraction of sp³-hybridized carbons (Fsp3) is 0.417. The van der Waals surface area contributed by atoms with Crippen LogP contribution in [0, 0.1) is 0 Å². The highest BCUT2D eigenvalue weighted by Gasteiger charge is 2.39. The van der Waals surface area contributed by atoms with Crippen LogP contribution in [0.4, 0.5) is 13.2 Å². The normalized spacial score (nSPS) is 17.5. The molecule has 0 aromatic carbocycles. The number of pyridine rings is 1. The number of nitrogens with two attached hydrogens (primary N) is 1. The van der Waals surface area contributed by atoms with E-state index in [4.69, 9.17) is 10.3 Å². The van der Waals surface area contributed by atoms with Gasteiger partial charge in [-0.25, -0.2) is 0 Å². The molecule has 0 radical (unpaired) electrons. The number of halogens is 3. The lowest BCUT2D eigenvalue weighted by atomic mass is 9.77. The number of nitrogens with zero attached hydrogens (tertiary/aromatic N) is 2. The Labute approximate surface area is 116 Å². The van der Waals surface area contributed by atoms with E-state index in [0.29, 0.717) is 12.8 Å². The van der Waals surface area contributed by atoms with Crippen molar-refractivity contribution in [2.45, 2.75) is 31.0 Å². The number of hydrogen-bond donors (Lipinski definition) is 2. The molecule has 21 heavy (non-hydrogen) atoms. The average molecular weight is 300 g/mol. The Morgan fingerprint density at radius 2 is 2.05 bits per heavy atom. The highest BCUT2D eigenvalue weighted by molar-refractivity contribution is 5.51. The Morgan fingerprint density at radius 1 is 1.33 bits per heavy atom. The van der Waals surface area contributed by atoms with Crippen LogP contribution in [0.1, 0.15) is 30.8 Å². The average Bonchev–Trinajstić information content (AvgIpc) is 2.84. The van der Waals surface area contributed by atoms with Crippen LogP contribution in [-0.2, 0) is 11.7 Å². The number of H-pyrrole nitrogens is 1. The third-order valence-electron chi connectivity index (χ3n) is 3.56. The number of alkyl halides is 3. The van der Waals surface area contributed by atoms with Gasteiger partial charge in [-0.2, -0.15) is 18.2 Å². The van der Waals surface area contributed by atoms with Gasteiger partial charge in [-0.3, -0.25) is 4.79 Å². The summed E-state index contributed by atoms with van der Waals surface area (Å²) in [6, 6.07) is 1.76. The van der Waals surface area contributed by atoms with E-state index in [1.54, 1.807) is 4.98 Å². The number of rotatable bonds is 2. The van der Waals surface area contributed by atoms with E-state index in [0.717, 1.165) is 18.6 Å². The standard InChI is InChI=1S/C12H11F3N4O2/c13-12(14,15)7-3-2-6(8(20)17-7)9-18-10(19-21-9)11(16)4-1-5-11/h2-3H,1,4-5,16H2,(H,17,20). The minimum atomic E-state index is -4.62. The first-order valence-corrected chi connectivity index (χ1v) is 6.24. The Balaban J connectivity index is 1.96. The molecule has 1 aliphatic rings. The molecule has 1 fully saturated rings. The van der Waals surface area contributed by atoms with Crippen LogP contribution < -0.4 is 11.3 Å². The van der Waals surface area contributed by atoms with Crippen LogP contribution in [0.3, 0.4) is 0 Å². The molecule has 1 aliphatic carbocycles. The van der Waals surface area contributed by atoms with Gasteiger partial charge >= 0.3 is 6.18 Å². The molecule has 0 bridgehead atoms. The van der Waals surface area contributed by atoms with Gasteiger partial charge in [-0.15, -0.1) is 0 Å². The summed E-state index contributed by atoms with van der Waals surface area (Å²) in [5.74, 6) is 0.125. The molecule has 2 heterocycles. The summed E-state index contributed by atoms with van der Waals surface area (Å²) in [5.41, 5.74) is 3.15. The van der Waals surface area contributed by atoms with Gasteiger partial charge in [0.2, 0.25) is 0 Å². The minimum absolute atomic E-state index is 0.121. The van der Waals surface area contributed by atoms with Gasteiger partial charge in [-0.05, 0) is 31.4 Å². The molecule has 0 saturated heterocycles. The van der Waals surface area contributed by atoms with Crippen LogP contribution >= 0.6 is 0 Å². The maximum absolute atomic E-state index is 12.5. The zero-order valence-corrected chi connectivity index (χ0v) is 10.7. The van der Waals surface area contributed by atoms with Crippen molar-refractivity contribution in [3.05, 3.63) is 34.0 Å². The lowest BCUT2D eigenvalue weighted by Gasteiger charge is -2.34. The molecule has 6 nitrogen and oxygen atoms in total. The number of aromatic nitrogens is 3. The quantitative estimate of drug-likeness (QED) is 0.881. The molecule has 9 heteroatoms. The summed E-state index contributed by atoms with van der Waals surface area (Å²) < 4.78 is 42.4. The van der Waals surface area contributed by atoms with E-state index in [9.17, 15) is 18.0 Å². The fourth-order valence-electron chi connectivity index (χ4n) is 2.12. The molecule has 0 aliphatic heterocycles. The molecular formula is C12H11F3N4O2. The predicted molar refractivity (Wildman–Crippen MR) is 65.1 cm³/mol. The van der Waals surface area contributed by atoms with Crippen LogP contribution in [0.15, 0.2) is 21.5 Å². The maximum Gasteiger partial charge on any atom is 0.431 e. The summed E-state index contributed by atoms with van der Waals surface area (Å²) in [4.78, 5) is 17.5. The van der Waals surface area contributed by atoms with E-state index < -0.39 is 23.0 Å². The van der Waals surface area contributed by atoms with Crippen LogP contribution in [0.2, 0.25) is 0 Å². The van der Waals surface area contributed by atoms with Crippen molar-refractivity contribution >= 4 is 0 Å². The molecule has 0 unspecified atom stereocenters. The van der Waals surface area contributed by atoms with E-state index in [-0.39, 0.29) is 17.3 Å². The molecule has 1 saturated carbocycles. The molecule has 0 atom stereocenters. The summed E-state index contributed by atoms with van der Waals surface area (Å²) in [6.07, 6.45) is -2.27. The van der Waals surface area contributed by atoms with Gasteiger partial charge < -0.3 is 15.2 Å². The summed E-state index contributed by atoms with van der Waals surface area (Å²) in [6.45, 7) is 0. The Kier molecular flexibility index (Phi) is 2.90. The zero-order chi connectivity index (χ0) is 15.3. The molecule has 2 aromatic heterocycles. The van der Waals surface area contributed by atoms with Crippen molar-refractivity contribution in [1.29, 1.82) is 0 Å². The smallest absolute Gasteiger partial charge is 0.334 e. The van der Waals surface area contributed by atoms with Crippen molar-refractivity contribution < 1.29 is 17.7 Å². The van der Waals surface area contributed by atoms with Crippen LogP contribution in [0.5, 0.6) is 0 Å². The highest BCUT2D eigenvalue weighted by atomic mass is 19.4. The van der Waals surface area contributed by atoms with Gasteiger partial charge in [0.15, 0.2) is 5.82 Å². The van der Waals surface area contributed by atoms with Gasteiger partial charge in [0.25, 0.3) is 11.4 Å². The predicted octanol–water partition coefficient (Wildman–Crippen LogP) is 1.78. The minimum Gasteiger partial charge on any atom is -0.334 e. The van der Waals surface area contributed by atoms with E-state index >= 15 is 0 Å². The first-order chi connectivity index (χ1) is 9.79. The van der Waals surface area contributed by atoms with Crippen molar-refractivity contribution in [3.8, 4) is 11.5 Å². The second-order valence-electron chi connectivity index (χ2n) is 5.05. The second kappa shape index (κ2) is 4.42. The molecule has 3 rings (SSSR count). The van der Waals surface area contributed by atoms with Crippen molar-refractivity contribution in [1.82, 2.24) is 15.1 Å². The second-order valence-corrected chi connectivity index (χ2v) is 5.05. The first-order valence-electron chi connectivity index (χ1n) is 6.24. The fourth-order valence-corrected chi connectivity index (χ4v) is 2.12.